The lowest BCUT2D eigenvalue weighted by atomic mass is 10.0. The summed E-state index contributed by atoms with van der Waals surface area (Å²) >= 11 is 0. The van der Waals surface area contributed by atoms with Gasteiger partial charge in [-0.1, -0.05) is 38.5 Å². The summed E-state index contributed by atoms with van der Waals surface area (Å²) in [5.41, 5.74) is 1.12. The Morgan fingerprint density at radius 2 is 2.10 bits per heavy atom. The third-order valence-electron chi connectivity index (χ3n) is 3.66. The average molecular weight is 288 g/mol. The summed E-state index contributed by atoms with van der Waals surface area (Å²) in [4.78, 5) is 18.6. The van der Waals surface area contributed by atoms with Crippen LogP contribution in [0.5, 0.6) is 0 Å². The molecule has 0 radical (unpaired) electrons. The molecule has 0 aliphatic rings. The van der Waals surface area contributed by atoms with E-state index in [1.54, 1.807) is 18.5 Å². The second-order valence-corrected chi connectivity index (χ2v) is 4.91. The summed E-state index contributed by atoms with van der Waals surface area (Å²) < 4.78 is 0. The van der Waals surface area contributed by atoms with Crippen LogP contribution >= 0.6 is 0 Å². The number of amides is 1. The number of pyridine rings is 1. The number of aliphatic hydroxyl groups excluding tert-OH is 1. The monoisotopic (exact) mass is 288 g/mol. The molecule has 21 heavy (non-hydrogen) atoms. The van der Waals surface area contributed by atoms with Gasteiger partial charge in [0.1, 0.15) is 6.61 Å². The van der Waals surface area contributed by atoms with E-state index in [9.17, 15) is 4.79 Å². The molecule has 1 aromatic heterocycles. The first-order chi connectivity index (χ1) is 10.2. The minimum absolute atomic E-state index is 0.0194. The largest absolute Gasteiger partial charge is 0.384 e. The zero-order chi connectivity index (χ0) is 15.7. The first-order valence-corrected chi connectivity index (χ1v) is 7.50. The molecule has 1 aromatic rings. The van der Waals surface area contributed by atoms with Crippen molar-refractivity contribution in [3.63, 3.8) is 0 Å². The molecule has 0 fully saturated rings. The highest BCUT2D eigenvalue weighted by Gasteiger charge is 2.19. The first-order valence-electron chi connectivity index (χ1n) is 7.50. The maximum Gasteiger partial charge on any atom is 0.255 e. The molecule has 0 aromatic carbocycles. The molecule has 0 aliphatic heterocycles. The normalized spacial score (nSPS) is 10.1. The van der Waals surface area contributed by atoms with Gasteiger partial charge in [-0.3, -0.25) is 9.78 Å². The minimum Gasteiger partial charge on any atom is -0.384 e. The molecular weight excluding hydrogens is 264 g/mol. The number of carbonyl (C=O) groups is 1. The van der Waals surface area contributed by atoms with Crippen LogP contribution in [0.25, 0.3) is 0 Å². The Labute approximate surface area is 127 Å². The molecule has 0 spiro atoms. The van der Waals surface area contributed by atoms with E-state index in [0.717, 1.165) is 19.4 Å². The number of rotatable bonds is 6. The standard InChI is InChI=1S/C17H24N2O2/c1-4-14(5-2)13-19(6-3)17(21)16-9-10-18-12-15(16)8-7-11-20/h9-10,12,14,20H,4-6,11,13H2,1-3H3. The van der Waals surface area contributed by atoms with Crippen molar-refractivity contribution in [2.75, 3.05) is 19.7 Å². The molecule has 0 aliphatic carbocycles. The van der Waals surface area contributed by atoms with Gasteiger partial charge in [0, 0.05) is 25.5 Å². The Kier molecular flexibility index (Phi) is 7.49. The molecule has 1 rings (SSSR count). The predicted molar refractivity (Wildman–Crippen MR) is 83.9 cm³/mol. The molecule has 0 bridgehead atoms. The van der Waals surface area contributed by atoms with Gasteiger partial charge >= 0.3 is 0 Å². The molecule has 1 heterocycles. The number of hydrogen-bond acceptors (Lipinski definition) is 3. The van der Waals surface area contributed by atoms with Crippen molar-refractivity contribution in [1.29, 1.82) is 0 Å². The Hall–Kier alpha value is -1.86. The zero-order valence-corrected chi connectivity index (χ0v) is 13.1. The fourth-order valence-corrected chi connectivity index (χ4v) is 2.20. The fourth-order valence-electron chi connectivity index (χ4n) is 2.20. The van der Waals surface area contributed by atoms with Crippen LogP contribution in [-0.2, 0) is 0 Å². The lowest BCUT2D eigenvalue weighted by Crippen LogP contribution is -2.35. The van der Waals surface area contributed by atoms with E-state index in [2.05, 4.69) is 30.7 Å². The summed E-state index contributed by atoms with van der Waals surface area (Å²) in [5, 5.41) is 8.81. The third-order valence-corrected chi connectivity index (χ3v) is 3.66. The average Bonchev–Trinajstić information content (AvgIpc) is 2.54. The summed E-state index contributed by atoms with van der Waals surface area (Å²) in [6.07, 6.45) is 5.30. The molecule has 114 valence electrons. The van der Waals surface area contributed by atoms with Crippen molar-refractivity contribution in [1.82, 2.24) is 9.88 Å². The molecule has 0 saturated carbocycles. The van der Waals surface area contributed by atoms with Crippen molar-refractivity contribution >= 4 is 5.91 Å². The van der Waals surface area contributed by atoms with Crippen LogP contribution in [0.15, 0.2) is 18.5 Å². The Morgan fingerprint density at radius 1 is 1.38 bits per heavy atom. The number of carbonyl (C=O) groups excluding carboxylic acids is 1. The molecule has 0 atom stereocenters. The topological polar surface area (TPSA) is 53.4 Å². The van der Waals surface area contributed by atoms with E-state index >= 15 is 0 Å². The SMILES string of the molecule is CCC(CC)CN(CC)C(=O)c1ccncc1C#CCO. The van der Waals surface area contributed by atoms with Crippen LogP contribution in [0.1, 0.15) is 49.5 Å². The van der Waals surface area contributed by atoms with Gasteiger partial charge < -0.3 is 10.0 Å². The molecule has 1 N–H and O–H groups in total. The zero-order valence-electron chi connectivity index (χ0n) is 13.1. The van der Waals surface area contributed by atoms with E-state index in [4.69, 9.17) is 5.11 Å². The number of aliphatic hydroxyl groups is 1. The number of aromatic nitrogens is 1. The van der Waals surface area contributed by atoms with Gasteiger partial charge in [0.15, 0.2) is 0 Å². The van der Waals surface area contributed by atoms with Crippen molar-refractivity contribution in [2.45, 2.75) is 33.6 Å². The van der Waals surface area contributed by atoms with Gasteiger partial charge in [-0.05, 0) is 18.9 Å². The van der Waals surface area contributed by atoms with E-state index in [-0.39, 0.29) is 12.5 Å². The first kappa shape index (κ1) is 17.2. The van der Waals surface area contributed by atoms with E-state index in [0.29, 0.717) is 23.6 Å². The lowest BCUT2D eigenvalue weighted by Gasteiger charge is -2.25. The second-order valence-electron chi connectivity index (χ2n) is 4.91. The maximum atomic E-state index is 12.7. The van der Waals surface area contributed by atoms with Crippen molar-refractivity contribution < 1.29 is 9.90 Å². The van der Waals surface area contributed by atoms with E-state index in [1.165, 1.54) is 0 Å². The molecule has 0 saturated heterocycles. The molecule has 1 amide bonds. The number of hydrogen-bond donors (Lipinski definition) is 1. The van der Waals surface area contributed by atoms with Crippen molar-refractivity contribution in [2.24, 2.45) is 5.92 Å². The van der Waals surface area contributed by atoms with Crippen LogP contribution in [0.4, 0.5) is 0 Å². The van der Waals surface area contributed by atoms with Crippen LogP contribution in [0.2, 0.25) is 0 Å². The third kappa shape index (κ3) is 4.87. The fraction of sp³-hybridized carbons (Fsp3) is 0.529. The predicted octanol–water partition coefficient (Wildman–Crippen LogP) is 2.32. The Morgan fingerprint density at radius 3 is 2.67 bits per heavy atom. The quantitative estimate of drug-likeness (QED) is 0.817. The second kappa shape index (κ2) is 9.15. The van der Waals surface area contributed by atoms with Crippen LogP contribution in [0.3, 0.4) is 0 Å². The lowest BCUT2D eigenvalue weighted by molar-refractivity contribution is 0.0734. The van der Waals surface area contributed by atoms with Gasteiger partial charge in [-0.2, -0.15) is 0 Å². The van der Waals surface area contributed by atoms with Crippen LogP contribution < -0.4 is 0 Å². The maximum absolute atomic E-state index is 12.7. The van der Waals surface area contributed by atoms with Gasteiger partial charge in [-0.15, -0.1) is 0 Å². The van der Waals surface area contributed by atoms with Gasteiger partial charge in [0.2, 0.25) is 0 Å². The Balaban J connectivity index is 3.00. The summed E-state index contributed by atoms with van der Waals surface area (Å²) in [5.74, 6) is 5.87. The van der Waals surface area contributed by atoms with E-state index < -0.39 is 0 Å². The smallest absolute Gasteiger partial charge is 0.255 e. The highest BCUT2D eigenvalue weighted by molar-refractivity contribution is 5.96. The summed E-state index contributed by atoms with van der Waals surface area (Å²) in [6, 6.07) is 1.69. The number of nitrogens with zero attached hydrogens (tertiary/aromatic N) is 2. The van der Waals surface area contributed by atoms with Gasteiger partial charge in [0.25, 0.3) is 5.91 Å². The molecule has 0 unspecified atom stereocenters. The molecule has 4 heteroatoms. The summed E-state index contributed by atoms with van der Waals surface area (Å²) in [6.45, 7) is 7.49. The minimum atomic E-state index is -0.228. The highest BCUT2D eigenvalue weighted by Crippen LogP contribution is 2.14. The van der Waals surface area contributed by atoms with Crippen LogP contribution in [0, 0.1) is 17.8 Å². The Bertz CT molecular complexity index is 513. The van der Waals surface area contributed by atoms with Gasteiger partial charge in [0.05, 0.1) is 11.1 Å². The van der Waals surface area contributed by atoms with Crippen molar-refractivity contribution in [3.05, 3.63) is 29.6 Å². The molecule has 4 nitrogen and oxygen atoms in total. The van der Waals surface area contributed by atoms with Gasteiger partial charge in [-0.25, -0.2) is 0 Å². The van der Waals surface area contributed by atoms with Crippen LogP contribution in [-0.4, -0.2) is 40.6 Å². The summed E-state index contributed by atoms with van der Waals surface area (Å²) in [7, 11) is 0. The van der Waals surface area contributed by atoms with E-state index in [1.807, 2.05) is 11.8 Å². The molecular formula is C17H24N2O2. The van der Waals surface area contributed by atoms with Crippen molar-refractivity contribution in [3.8, 4) is 11.8 Å². The highest BCUT2D eigenvalue weighted by atomic mass is 16.2.